The van der Waals surface area contributed by atoms with E-state index in [4.69, 9.17) is 0 Å². The summed E-state index contributed by atoms with van der Waals surface area (Å²) in [6.45, 7) is 6.18. The molecule has 0 spiro atoms. The summed E-state index contributed by atoms with van der Waals surface area (Å²) in [5.41, 5.74) is 0.863. The number of hydrogen-bond donors (Lipinski definition) is 2. The summed E-state index contributed by atoms with van der Waals surface area (Å²) in [5, 5.41) is 5.51. The van der Waals surface area contributed by atoms with E-state index in [1.165, 1.54) is 10.6 Å². The van der Waals surface area contributed by atoms with E-state index in [1.807, 2.05) is 13.8 Å². The Morgan fingerprint density at radius 1 is 1.19 bits per heavy atom. The van der Waals surface area contributed by atoms with Crippen LogP contribution in [0.1, 0.15) is 25.8 Å². The molecule has 3 aromatic rings. The first-order valence-corrected chi connectivity index (χ1v) is 11.2. The number of amides is 3. The summed E-state index contributed by atoms with van der Waals surface area (Å²) < 4.78 is 15.5. The van der Waals surface area contributed by atoms with Crippen molar-refractivity contribution in [3.05, 3.63) is 64.2 Å². The van der Waals surface area contributed by atoms with Crippen molar-refractivity contribution in [3.8, 4) is 5.69 Å². The minimum Gasteiger partial charge on any atom is -0.338 e. The Bertz CT molecular complexity index is 1210. The third-order valence-electron chi connectivity index (χ3n) is 4.75. The highest BCUT2D eigenvalue weighted by Gasteiger charge is 2.16. The van der Waals surface area contributed by atoms with Gasteiger partial charge in [-0.2, -0.15) is 0 Å². The van der Waals surface area contributed by atoms with Crippen molar-refractivity contribution in [2.24, 2.45) is 5.92 Å². The normalized spacial score (nSPS) is 11.0. The number of urea groups is 1. The molecule has 0 fully saturated rings. The van der Waals surface area contributed by atoms with Crippen LogP contribution < -0.4 is 16.2 Å². The molecule has 1 aromatic heterocycles. The molecule has 7 nitrogen and oxygen atoms in total. The fourth-order valence-corrected chi connectivity index (χ4v) is 3.78. The quantitative estimate of drug-likeness (QED) is 0.417. The van der Waals surface area contributed by atoms with E-state index < -0.39 is 17.8 Å². The molecule has 0 aliphatic carbocycles. The van der Waals surface area contributed by atoms with Crippen LogP contribution in [0.25, 0.3) is 16.6 Å². The SMILES string of the molecule is Cc1ccc(-n2c(SCC(=O)NC(=O)NCCC(C)C)nc3ccccc3c2=O)cc1F. The predicted octanol–water partition coefficient (Wildman–Crippen LogP) is 3.80. The molecule has 0 aliphatic rings. The van der Waals surface area contributed by atoms with E-state index in [2.05, 4.69) is 15.6 Å². The van der Waals surface area contributed by atoms with Gasteiger partial charge in [0, 0.05) is 6.54 Å². The van der Waals surface area contributed by atoms with Crippen LogP contribution in [0.4, 0.5) is 9.18 Å². The number of halogens is 1. The maximum absolute atomic E-state index is 14.2. The van der Waals surface area contributed by atoms with Gasteiger partial charge in [-0.1, -0.05) is 43.8 Å². The lowest BCUT2D eigenvalue weighted by Gasteiger charge is -2.14. The molecule has 3 amide bonds. The highest BCUT2D eigenvalue weighted by molar-refractivity contribution is 7.99. The molecule has 0 saturated heterocycles. The Morgan fingerprint density at radius 2 is 1.94 bits per heavy atom. The number of carbonyl (C=O) groups excluding carboxylic acids is 2. The summed E-state index contributed by atoms with van der Waals surface area (Å²) in [6.07, 6.45) is 0.802. The van der Waals surface area contributed by atoms with Crippen molar-refractivity contribution in [2.75, 3.05) is 12.3 Å². The summed E-state index contributed by atoms with van der Waals surface area (Å²) >= 11 is 0.997. The van der Waals surface area contributed by atoms with Crippen molar-refractivity contribution in [2.45, 2.75) is 32.3 Å². The first-order chi connectivity index (χ1) is 15.3. The largest absolute Gasteiger partial charge is 0.338 e. The van der Waals surface area contributed by atoms with Gasteiger partial charge in [0.25, 0.3) is 5.56 Å². The van der Waals surface area contributed by atoms with Gasteiger partial charge in [0.15, 0.2) is 5.16 Å². The van der Waals surface area contributed by atoms with E-state index >= 15 is 0 Å². The van der Waals surface area contributed by atoms with E-state index in [1.54, 1.807) is 43.3 Å². The van der Waals surface area contributed by atoms with Gasteiger partial charge < -0.3 is 5.32 Å². The van der Waals surface area contributed by atoms with Crippen molar-refractivity contribution in [3.63, 3.8) is 0 Å². The van der Waals surface area contributed by atoms with Gasteiger partial charge in [-0.15, -0.1) is 0 Å². The molecule has 32 heavy (non-hydrogen) atoms. The third kappa shape index (κ3) is 5.73. The van der Waals surface area contributed by atoms with Crippen LogP contribution in [0.15, 0.2) is 52.4 Å². The van der Waals surface area contributed by atoms with Gasteiger partial charge in [0.1, 0.15) is 5.82 Å². The molecule has 2 aromatic carbocycles. The molecule has 0 saturated carbocycles. The monoisotopic (exact) mass is 456 g/mol. The van der Waals surface area contributed by atoms with Crippen molar-refractivity contribution in [1.82, 2.24) is 20.2 Å². The zero-order chi connectivity index (χ0) is 23.3. The smallest absolute Gasteiger partial charge is 0.321 e. The topological polar surface area (TPSA) is 93.1 Å². The lowest BCUT2D eigenvalue weighted by Crippen LogP contribution is -2.41. The van der Waals surface area contributed by atoms with E-state index in [0.29, 0.717) is 34.6 Å². The first-order valence-electron chi connectivity index (χ1n) is 10.2. The Balaban J connectivity index is 1.84. The molecule has 1 heterocycles. The summed E-state index contributed by atoms with van der Waals surface area (Å²) in [5.74, 6) is -0.684. The van der Waals surface area contributed by atoms with Crippen molar-refractivity contribution >= 4 is 34.6 Å². The Labute approximate surface area is 189 Å². The van der Waals surface area contributed by atoms with E-state index in [-0.39, 0.29) is 16.5 Å². The zero-order valence-electron chi connectivity index (χ0n) is 18.1. The molecule has 0 unspecified atom stereocenters. The fraction of sp³-hybridized carbons (Fsp3) is 0.304. The number of imide groups is 1. The molecule has 168 valence electrons. The number of fused-ring (bicyclic) bond motifs is 1. The number of rotatable bonds is 7. The molecular formula is C23H25FN4O3S. The Morgan fingerprint density at radius 3 is 2.66 bits per heavy atom. The second kappa shape index (κ2) is 10.4. The summed E-state index contributed by atoms with van der Waals surface area (Å²) in [7, 11) is 0. The van der Waals surface area contributed by atoms with Crippen LogP contribution in [-0.2, 0) is 4.79 Å². The van der Waals surface area contributed by atoms with Gasteiger partial charge in [-0.05, 0) is 49.1 Å². The average Bonchev–Trinajstić information content (AvgIpc) is 2.74. The second-order valence-corrected chi connectivity index (χ2v) is 8.70. The Hall–Kier alpha value is -3.20. The van der Waals surface area contributed by atoms with Crippen LogP contribution in [0.3, 0.4) is 0 Å². The number of carbonyl (C=O) groups is 2. The van der Waals surface area contributed by atoms with Crippen LogP contribution in [0, 0.1) is 18.7 Å². The molecule has 2 N–H and O–H groups in total. The van der Waals surface area contributed by atoms with Gasteiger partial charge in [0.2, 0.25) is 5.91 Å². The molecular weight excluding hydrogens is 431 g/mol. The Kier molecular flexibility index (Phi) is 7.63. The average molecular weight is 457 g/mol. The zero-order valence-corrected chi connectivity index (χ0v) is 19.0. The van der Waals surface area contributed by atoms with Crippen LogP contribution in [0.5, 0.6) is 0 Å². The van der Waals surface area contributed by atoms with Gasteiger partial charge in [-0.25, -0.2) is 14.2 Å². The number of aromatic nitrogens is 2. The molecule has 9 heteroatoms. The van der Waals surface area contributed by atoms with Gasteiger partial charge in [-0.3, -0.25) is 19.5 Å². The maximum atomic E-state index is 14.2. The molecule has 0 aliphatic heterocycles. The lowest BCUT2D eigenvalue weighted by molar-refractivity contribution is -0.117. The minimum atomic E-state index is -0.569. The lowest BCUT2D eigenvalue weighted by atomic mass is 10.1. The molecule has 3 rings (SSSR count). The number of nitrogens with one attached hydrogen (secondary N) is 2. The minimum absolute atomic E-state index is 0.142. The predicted molar refractivity (Wildman–Crippen MR) is 124 cm³/mol. The van der Waals surface area contributed by atoms with Gasteiger partial charge in [0.05, 0.1) is 22.3 Å². The molecule has 0 radical (unpaired) electrons. The van der Waals surface area contributed by atoms with Crippen molar-refractivity contribution < 1.29 is 14.0 Å². The maximum Gasteiger partial charge on any atom is 0.321 e. The second-order valence-electron chi connectivity index (χ2n) is 7.76. The number of nitrogens with zero attached hydrogens (tertiary/aromatic N) is 2. The van der Waals surface area contributed by atoms with Crippen LogP contribution in [0.2, 0.25) is 0 Å². The summed E-state index contributed by atoms with van der Waals surface area (Å²) in [4.78, 5) is 41.8. The van der Waals surface area contributed by atoms with Crippen LogP contribution in [-0.4, -0.2) is 33.8 Å². The third-order valence-corrected chi connectivity index (χ3v) is 5.69. The van der Waals surface area contributed by atoms with E-state index in [9.17, 15) is 18.8 Å². The summed E-state index contributed by atoms with van der Waals surface area (Å²) in [6, 6.07) is 10.7. The highest BCUT2D eigenvalue weighted by atomic mass is 32.2. The first kappa shape index (κ1) is 23.5. The number of benzene rings is 2. The van der Waals surface area contributed by atoms with Crippen LogP contribution >= 0.6 is 11.8 Å². The molecule has 0 bridgehead atoms. The molecule has 0 atom stereocenters. The van der Waals surface area contributed by atoms with Gasteiger partial charge >= 0.3 is 6.03 Å². The van der Waals surface area contributed by atoms with Crippen molar-refractivity contribution in [1.29, 1.82) is 0 Å². The standard InChI is InChI=1S/C23H25FN4O3S/c1-14(2)10-11-25-22(31)27-20(29)13-32-23-26-19-7-5-4-6-17(19)21(30)28(23)16-9-8-15(3)18(24)12-16/h4-9,12,14H,10-11,13H2,1-3H3,(H2,25,27,29,31). The van der Waals surface area contributed by atoms with E-state index in [0.717, 1.165) is 18.2 Å². The highest BCUT2D eigenvalue weighted by Crippen LogP contribution is 2.22. The number of para-hydroxylation sites is 1. The number of aryl methyl sites for hydroxylation is 1. The fourth-order valence-electron chi connectivity index (χ4n) is 2.97. The number of thioether (sulfide) groups is 1. The number of hydrogen-bond acceptors (Lipinski definition) is 5.